The molecular weight excluding hydrogens is 228 g/mol. The van der Waals surface area contributed by atoms with Crippen molar-refractivity contribution < 1.29 is 15.3 Å². The number of unbranched alkanes of at least 4 members (excludes halogenated alkanes) is 1. The zero-order valence-corrected chi connectivity index (χ0v) is 12.1. The molecule has 0 heterocycles. The summed E-state index contributed by atoms with van der Waals surface area (Å²) in [6, 6.07) is 0. The molecule has 0 rings (SSSR count). The molecule has 0 amide bonds. The van der Waals surface area contributed by atoms with Gasteiger partial charge in [0, 0.05) is 5.92 Å². The van der Waals surface area contributed by atoms with Gasteiger partial charge in [-0.05, 0) is 30.3 Å². The summed E-state index contributed by atoms with van der Waals surface area (Å²) in [5.41, 5.74) is 0.886. The van der Waals surface area contributed by atoms with Gasteiger partial charge in [0.25, 0.3) is 0 Å². The largest absolute Gasteiger partial charge is 0.388 e. The number of hydrogen-bond acceptors (Lipinski definition) is 3. The summed E-state index contributed by atoms with van der Waals surface area (Å²) < 4.78 is 0. The Hall–Kier alpha value is -0.640. The molecule has 0 saturated carbocycles. The molecule has 0 saturated heterocycles. The van der Waals surface area contributed by atoms with Gasteiger partial charge >= 0.3 is 0 Å². The van der Waals surface area contributed by atoms with Crippen molar-refractivity contribution in [3.63, 3.8) is 0 Å². The van der Waals surface area contributed by atoms with E-state index in [0.29, 0.717) is 12.8 Å². The second-order valence-electron chi connectivity index (χ2n) is 5.86. The Morgan fingerprint density at radius 3 is 2.17 bits per heavy atom. The van der Waals surface area contributed by atoms with Crippen LogP contribution in [0.3, 0.4) is 0 Å². The molecule has 0 spiro atoms. The molecule has 106 valence electrons. The van der Waals surface area contributed by atoms with Crippen LogP contribution in [0.2, 0.25) is 0 Å². The molecule has 0 radical (unpaired) electrons. The summed E-state index contributed by atoms with van der Waals surface area (Å²) in [5, 5.41) is 27.9. The molecule has 0 aromatic rings. The highest BCUT2D eigenvalue weighted by atomic mass is 16.5. The molecule has 2 atom stereocenters. The van der Waals surface area contributed by atoms with Gasteiger partial charge in [0.15, 0.2) is 6.29 Å². The predicted molar refractivity (Wildman–Crippen MR) is 75.0 cm³/mol. The van der Waals surface area contributed by atoms with Gasteiger partial charge in [0.1, 0.15) is 0 Å². The van der Waals surface area contributed by atoms with E-state index in [9.17, 15) is 5.11 Å². The van der Waals surface area contributed by atoms with Gasteiger partial charge in [-0.2, -0.15) is 0 Å². The first-order chi connectivity index (χ1) is 8.20. The van der Waals surface area contributed by atoms with Crippen molar-refractivity contribution in [3.05, 3.63) is 24.3 Å². The fraction of sp³-hybridized carbons (Fsp3) is 0.733. The zero-order valence-electron chi connectivity index (χ0n) is 12.1. The minimum Gasteiger partial charge on any atom is -0.388 e. The van der Waals surface area contributed by atoms with Crippen LogP contribution in [0.15, 0.2) is 24.3 Å². The predicted octanol–water partition coefficient (Wildman–Crippen LogP) is 2.62. The van der Waals surface area contributed by atoms with E-state index in [-0.39, 0.29) is 11.3 Å². The third-order valence-electron chi connectivity index (χ3n) is 3.09. The summed E-state index contributed by atoms with van der Waals surface area (Å²) >= 11 is 0. The monoisotopic (exact) mass is 256 g/mol. The second-order valence-corrected chi connectivity index (χ2v) is 5.86. The van der Waals surface area contributed by atoms with Gasteiger partial charge in [-0.15, -0.1) is 6.58 Å². The average Bonchev–Trinajstić information content (AvgIpc) is 2.24. The third kappa shape index (κ3) is 6.34. The van der Waals surface area contributed by atoms with E-state index < -0.39 is 12.4 Å². The maximum atomic E-state index is 10.3. The van der Waals surface area contributed by atoms with Crippen molar-refractivity contribution in [1.29, 1.82) is 0 Å². The first-order valence-electron chi connectivity index (χ1n) is 6.57. The average molecular weight is 256 g/mol. The van der Waals surface area contributed by atoms with E-state index in [4.69, 9.17) is 10.2 Å². The van der Waals surface area contributed by atoms with E-state index in [0.717, 1.165) is 12.0 Å². The first-order valence-corrected chi connectivity index (χ1v) is 6.57. The molecular formula is C15H28O3. The summed E-state index contributed by atoms with van der Waals surface area (Å²) in [6.07, 6.45) is 3.81. The van der Waals surface area contributed by atoms with Crippen molar-refractivity contribution in [1.82, 2.24) is 0 Å². The maximum Gasteiger partial charge on any atom is 0.151 e. The van der Waals surface area contributed by atoms with Crippen LogP contribution in [0, 0.1) is 11.3 Å². The molecule has 0 fully saturated rings. The van der Waals surface area contributed by atoms with Crippen LogP contribution >= 0.6 is 0 Å². The molecule has 0 aliphatic heterocycles. The fourth-order valence-electron chi connectivity index (χ4n) is 1.84. The smallest absolute Gasteiger partial charge is 0.151 e. The Bertz CT molecular complexity index is 274. The molecule has 0 aromatic carbocycles. The highest BCUT2D eigenvalue weighted by Gasteiger charge is 2.26. The fourth-order valence-corrected chi connectivity index (χ4v) is 1.84. The van der Waals surface area contributed by atoms with Crippen molar-refractivity contribution in [2.75, 3.05) is 0 Å². The molecule has 2 unspecified atom stereocenters. The molecule has 18 heavy (non-hydrogen) atoms. The van der Waals surface area contributed by atoms with Crippen molar-refractivity contribution in [2.45, 2.75) is 59.4 Å². The van der Waals surface area contributed by atoms with Crippen LogP contribution in [0.1, 0.15) is 47.0 Å². The lowest BCUT2D eigenvalue weighted by Gasteiger charge is -2.30. The quantitative estimate of drug-likeness (QED) is 0.373. The normalized spacial score (nSPS) is 16.8. The number of allylic oxidation sites excluding steroid dienone is 1. The van der Waals surface area contributed by atoms with Gasteiger partial charge in [-0.3, -0.25) is 0 Å². The molecule has 3 heteroatoms. The van der Waals surface area contributed by atoms with Crippen LogP contribution in [-0.2, 0) is 0 Å². The number of hydrogen-bond donors (Lipinski definition) is 3. The summed E-state index contributed by atoms with van der Waals surface area (Å²) in [6.45, 7) is 11.9. The maximum absolute atomic E-state index is 10.3. The second kappa shape index (κ2) is 7.72. The lowest BCUT2D eigenvalue weighted by atomic mass is 9.79. The van der Waals surface area contributed by atoms with E-state index in [2.05, 4.69) is 27.4 Å². The van der Waals surface area contributed by atoms with Gasteiger partial charge in [0.05, 0.1) is 6.10 Å². The third-order valence-corrected chi connectivity index (χ3v) is 3.09. The SMILES string of the molecule is C=CC(C)C(O)/C(=C\CCCC(O)O)C(C)(C)C. The molecule has 0 bridgehead atoms. The van der Waals surface area contributed by atoms with Crippen LogP contribution in [0.25, 0.3) is 0 Å². The molecule has 0 aromatic heterocycles. The Morgan fingerprint density at radius 1 is 1.22 bits per heavy atom. The van der Waals surface area contributed by atoms with E-state index in [1.165, 1.54) is 0 Å². The lowest BCUT2D eigenvalue weighted by molar-refractivity contribution is -0.0460. The summed E-state index contributed by atoms with van der Waals surface area (Å²) in [5.74, 6) is 0.0129. The van der Waals surface area contributed by atoms with Crippen LogP contribution in [0.5, 0.6) is 0 Å². The lowest BCUT2D eigenvalue weighted by Crippen LogP contribution is -2.27. The van der Waals surface area contributed by atoms with E-state index in [1.54, 1.807) is 6.08 Å². The van der Waals surface area contributed by atoms with Gasteiger partial charge < -0.3 is 15.3 Å². The first kappa shape index (κ1) is 17.4. The zero-order chi connectivity index (χ0) is 14.3. The molecule has 0 aliphatic rings. The number of aliphatic hydroxyl groups excluding tert-OH is 2. The van der Waals surface area contributed by atoms with Crippen molar-refractivity contribution in [2.24, 2.45) is 11.3 Å². The van der Waals surface area contributed by atoms with Gasteiger partial charge in [-0.25, -0.2) is 0 Å². The molecule has 3 nitrogen and oxygen atoms in total. The van der Waals surface area contributed by atoms with Crippen LogP contribution in [-0.4, -0.2) is 27.7 Å². The Kier molecular flexibility index (Phi) is 7.45. The van der Waals surface area contributed by atoms with Crippen LogP contribution in [0.4, 0.5) is 0 Å². The van der Waals surface area contributed by atoms with E-state index >= 15 is 0 Å². The minimum atomic E-state index is -1.24. The minimum absolute atomic E-state index is 0.0129. The number of aliphatic hydroxyl groups is 3. The van der Waals surface area contributed by atoms with Crippen molar-refractivity contribution >= 4 is 0 Å². The Labute approximate surface area is 111 Å². The highest BCUT2D eigenvalue weighted by molar-refractivity contribution is 5.18. The molecule has 3 N–H and O–H groups in total. The Morgan fingerprint density at radius 2 is 1.78 bits per heavy atom. The highest BCUT2D eigenvalue weighted by Crippen LogP contribution is 2.32. The van der Waals surface area contributed by atoms with Gasteiger partial charge in [0.2, 0.25) is 0 Å². The summed E-state index contributed by atoms with van der Waals surface area (Å²) in [4.78, 5) is 0. The van der Waals surface area contributed by atoms with Crippen molar-refractivity contribution in [3.8, 4) is 0 Å². The Balaban J connectivity index is 4.69. The van der Waals surface area contributed by atoms with Gasteiger partial charge in [-0.1, -0.05) is 39.8 Å². The molecule has 0 aliphatic carbocycles. The topological polar surface area (TPSA) is 60.7 Å². The van der Waals surface area contributed by atoms with E-state index in [1.807, 2.05) is 13.0 Å². The number of rotatable bonds is 7. The van der Waals surface area contributed by atoms with Crippen LogP contribution < -0.4 is 0 Å². The standard InChI is InChI=1S/C15H28O3/c1-6-11(2)14(18)12(15(3,4)5)9-7-8-10-13(16)17/h6,9,11,13-14,16-18H,1,7-8,10H2,2-5H3/b12-9+. The summed E-state index contributed by atoms with van der Waals surface area (Å²) in [7, 11) is 0.